The van der Waals surface area contributed by atoms with Crippen LogP contribution in [-0.2, 0) is 21.3 Å². The van der Waals surface area contributed by atoms with Gasteiger partial charge in [0.05, 0.1) is 27.8 Å². The highest BCUT2D eigenvalue weighted by Crippen LogP contribution is 2.55. The molecule has 3 aromatic carbocycles. The van der Waals surface area contributed by atoms with Gasteiger partial charge in [-0.2, -0.15) is 5.10 Å². The van der Waals surface area contributed by atoms with Crippen molar-refractivity contribution in [1.82, 2.24) is 29.4 Å². The largest absolute Gasteiger partial charge is 0.455 e. The smallest absolute Gasteiger partial charge is 0.296 e. The number of rotatable bonds is 12. The molecule has 10 rings (SSSR count). The summed E-state index contributed by atoms with van der Waals surface area (Å²) < 4.78 is 43.4. The first-order valence-corrected chi connectivity index (χ1v) is 23.8. The van der Waals surface area contributed by atoms with E-state index in [4.69, 9.17) is 21.1 Å². The topological polar surface area (TPSA) is 178 Å². The van der Waals surface area contributed by atoms with E-state index in [-0.39, 0.29) is 28.1 Å². The van der Waals surface area contributed by atoms with Crippen LogP contribution in [-0.4, -0.2) is 89.8 Å². The molecule has 1 spiro atoms. The lowest BCUT2D eigenvalue weighted by atomic mass is 9.59. The molecule has 15 nitrogen and oxygen atoms in total. The Labute approximate surface area is 375 Å². The van der Waals surface area contributed by atoms with Crippen LogP contribution in [0.4, 0.5) is 11.4 Å². The predicted molar refractivity (Wildman–Crippen MR) is 244 cm³/mol. The average Bonchev–Trinajstić information content (AvgIpc) is 3.93. The Balaban J connectivity index is 0.890. The first kappa shape index (κ1) is 42.2. The third kappa shape index (κ3) is 8.59. The van der Waals surface area contributed by atoms with Gasteiger partial charge in [0.2, 0.25) is 0 Å². The SMILES string of the molecule is O=C(NS(=O)(=O)c1cc([N+](=O)[O-])c2c(cnn2CC2CCOCC2)c1)c1ccc(N2CCN(CC3=C(c4ccc(Cl)cc4)CC4(CCC4)CC3)CC2)cc1Oc1cnc2[nH]ccc2c1. The molecule has 2 aliphatic heterocycles. The first-order valence-electron chi connectivity index (χ1n) is 22.0. The van der Waals surface area contributed by atoms with E-state index in [9.17, 15) is 23.3 Å². The zero-order chi connectivity index (χ0) is 44.0. The second-order valence-electron chi connectivity index (χ2n) is 17.7. The van der Waals surface area contributed by atoms with E-state index in [1.54, 1.807) is 35.1 Å². The molecule has 64 heavy (non-hydrogen) atoms. The lowest BCUT2D eigenvalue weighted by molar-refractivity contribution is -0.383. The van der Waals surface area contributed by atoms with Gasteiger partial charge in [-0.25, -0.2) is 18.1 Å². The number of pyridine rings is 1. The highest BCUT2D eigenvalue weighted by molar-refractivity contribution is 7.90. The number of allylic oxidation sites excluding steroid dienone is 1. The van der Waals surface area contributed by atoms with Gasteiger partial charge in [-0.1, -0.05) is 35.7 Å². The van der Waals surface area contributed by atoms with Crippen LogP contribution in [0.25, 0.3) is 27.5 Å². The number of aromatic amines is 1. The number of hydrogen-bond donors (Lipinski definition) is 2. The van der Waals surface area contributed by atoms with Crippen LogP contribution in [0.3, 0.4) is 0 Å². The second kappa shape index (κ2) is 17.3. The number of sulfonamides is 1. The maximum atomic E-state index is 14.1. The number of amides is 1. The Morgan fingerprint density at radius 2 is 1.78 bits per heavy atom. The highest BCUT2D eigenvalue weighted by Gasteiger charge is 2.41. The summed E-state index contributed by atoms with van der Waals surface area (Å²) >= 11 is 6.28. The standard InChI is InChI=1S/C47H49ClN8O7S/c48-36-4-2-32(3-5-36)41-26-47(12-1-13-47)14-8-34(41)30-53-16-18-54(19-17-53)37-6-7-40(43(24-37)63-38-22-33-9-15-49-45(33)50-28-38)46(57)52-64(60,61)39-23-35-27-51-55(29-31-10-20-62-21-11-31)44(35)42(25-39)56(58)59/h2-7,9,15,22-25,27-28,31H,1,8,10-14,16-21,26,29-30H2,(H,49,50)(H,52,57). The van der Waals surface area contributed by atoms with Crippen molar-refractivity contribution in [3.05, 3.63) is 117 Å². The summed E-state index contributed by atoms with van der Waals surface area (Å²) in [6.07, 6.45) is 13.7. The Bertz CT molecular complexity index is 2900. The van der Waals surface area contributed by atoms with Crippen LogP contribution < -0.4 is 14.4 Å². The summed E-state index contributed by atoms with van der Waals surface area (Å²) in [4.78, 5) is 37.6. The number of ether oxygens (including phenoxy) is 2. The Morgan fingerprint density at radius 3 is 2.53 bits per heavy atom. The van der Waals surface area contributed by atoms with Gasteiger partial charge in [0.25, 0.3) is 21.6 Å². The zero-order valence-corrected chi connectivity index (χ0v) is 36.9. The number of carbonyl (C=O) groups is 1. The number of nitro groups is 1. The molecule has 0 atom stereocenters. The van der Waals surface area contributed by atoms with Gasteiger partial charge in [-0.15, -0.1) is 0 Å². The number of halogens is 1. The number of non-ortho nitro benzene ring substituents is 1. The fraction of sp³-hybridized carbons (Fsp3) is 0.383. The number of aromatic nitrogens is 4. The molecule has 1 saturated carbocycles. The van der Waals surface area contributed by atoms with Gasteiger partial charge in [0, 0.05) is 92.3 Å². The minimum atomic E-state index is -4.62. The van der Waals surface area contributed by atoms with Crippen molar-refractivity contribution in [2.75, 3.05) is 50.8 Å². The number of nitrogens with one attached hydrogen (secondary N) is 2. The van der Waals surface area contributed by atoms with Gasteiger partial charge in [-0.05, 0) is 110 Å². The third-order valence-corrected chi connectivity index (χ3v) is 15.3. The molecule has 5 heterocycles. The van der Waals surface area contributed by atoms with Crippen molar-refractivity contribution in [2.24, 2.45) is 11.3 Å². The molecular weight excluding hydrogens is 856 g/mol. The van der Waals surface area contributed by atoms with Crippen molar-refractivity contribution < 1.29 is 27.6 Å². The minimum Gasteiger partial charge on any atom is -0.455 e. The maximum absolute atomic E-state index is 14.1. The lowest BCUT2D eigenvalue weighted by Gasteiger charge is -2.47. The van der Waals surface area contributed by atoms with E-state index in [0.29, 0.717) is 36.6 Å². The highest BCUT2D eigenvalue weighted by atomic mass is 35.5. The molecule has 3 aromatic heterocycles. The molecule has 6 aromatic rings. The Kier molecular flexibility index (Phi) is 11.4. The van der Waals surface area contributed by atoms with Crippen LogP contribution in [0.2, 0.25) is 5.02 Å². The summed E-state index contributed by atoms with van der Waals surface area (Å²) in [5.41, 5.74) is 5.94. The summed E-state index contributed by atoms with van der Waals surface area (Å²) in [6, 6.07) is 19.3. The van der Waals surface area contributed by atoms with Crippen molar-refractivity contribution in [2.45, 2.75) is 62.8 Å². The molecule has 17 heteroatoms. The van der Waals surface area contributed by atoms with E-state index in [2.05, 4.69) is 41.7 Å². The number of carbonyl (C=O) groups excluding carboxylic acids is 1. The Hall–Kier alpha value is -5.81. The Morgan fingerprint density at radius 1 is 0.984 bits per heavy atom. The third-order valence-electron chi connectivity index (χ3n) is 13.7. The van der Waals surface area contributed by atoms with Crippen LogP contribution in [0, 0.1) is 21.4 Å². The van der Waals surface area contributed by atoms with E-state index < -0.39 is 31.4 Å². The summed E-state index contributed by atoms with van der Waals surface area (Å²) in [5.74, 6) is -0.262. The molecule has 0 radical (unpaired) electrons. The normalized spacial score (nSPS) is 18.4. The van der Waals surface area contributed by atoms with Crippen LogP contribution in [0.1, 0.15) is 67.3 Å². The van der Waals surface area contributed by atoms with Gasteiger partial charge in [-0.3, -0.25) is 24.5 Å². The molecular formula is C47H49ClN8O7S. The molecule has 0 unspecified atom stereocenters. The zero-order valence-electron chi connectivity index (χ0n) is 35.3. The summed E-state index contributed by atoms with van der Waals surface area (Å²) in [7, 11) is -4.62. The summed E-state index contributed by atoms with van der Waals surface area (Å²) in [5, 5.41) is 18.6. The van der Waals surface area contributed by atoms with Crippen molar-refractivity contribution >= 4 is 66.4 Å². The number of anilines is 1. The number of nitro benzene ring substituents is 1. The number of fused-ring (bicyclic) bond motifs is 2. The molecule has 0 bridgehead atoms. The quantitative estimate of drug-likeness (QED) is 0.0887. The lowest BCUT2D eigenvalue weighted by Crippen LogP contribution is -2.47. The molecule has 3 fully saturated rings. The second-order valence-corrected chi connectivity index (χ2v) is 19.8. The molecule has 2 saturated heterocycles. The number of H-pyrrole nitrogens is 1. The van der Waals surface area contributed by atoms with Crippen molar-refractivity contribution in [3.63, 3.8) is 0 Å². The molecule has 1 amide bonds. The van der Waals surface area contributed by atoms with Gasteiger partial charge < -0.3 is 19.4 Å². The van der Waals surface area contributed by atoms with Gasteiger partial charge in [0.1, 0.15) is 22.7 Å². The van der Waals surface area contributed by atoms with Crippen LogP contribution in [0.5, 0.6) is 11.5 Å². The summed E-state index contributed by atoms with van der Waals surface area (Å²) in [6.45, 7) is 5.68. The molecule has 2 N–H and O–H groups in total. The minimum absolute atomic E-state index is 0.0387. The van der Waals surface area contributed by atoms with Crippen LogP contribution >= 0.6 is 11.6 Å². The first-order chi connectivity index (χ1) is 31.0. The molecule has 4 aliphatic rings. The van der Waals surface area contributed by atoms with Crippen molar-refractivity contribution in [3.8, 4) is 11.5 Å². The fourth-order valence-corrected chi connectivity index (χ4v) is 11.1. The fourth-order valence-electron chi connectivity index (χ4n) is 9.93. The number of benzene rings is 3. The predicted octanol–water partition coefficient (Wildman–Crippen LogP) is 8.74. The van der Waals surface area contributed by atoms with Crippen LogP contribution in [0.15, 0.2) is 95.8 Å². The molecule has 332 valence electrons. The maximum Gasteiger partial charge on any atom is 0.296 e. The van der Waals surface area contributed by atoms with Gasteiger partial charge >= 0.3 is 0 Å². The number of hydrogen-bond acceptors (Lipinski definition) is 11. The van der Waals surface area contributed by atoms with E-state index in [1.807, 2.05) is 18.2 Å². The number of piperazine rings is 1. The van der Waals surface area contributed by atoms with Crippen molar-refractivity contribution in [1.29, 1.82) is 0 Å². The molecule has 2 aliphatic carbocycles. The average molecular weight is 905 g/mol. The monoisotopic (exact) mass is 904 g/mol. The number of nitrogens with zero attached hydrogens (tertiary/aromatic N) is 6. The van der Waals surface area contributed by atoms with Gasteiger partial charge in [0.15, 0.2) is 0 Å². The van der Waals surface area contributed by atoms with E-state index in [1.165, 1.54) is 60.9 Å². The van der Waals surface area contributed by atoms with E-state index in [0.717, 1.165) is 80.6 Å². The van der Waals surface area contributed by atoms with E-state index >= 15 is 0 Å².